The number of hydrogen-bond donors (Lipinski definition) is 1. The normalized spacial score (nSPS) is 10.3. The van der Waals surface area contributed by atoms with Crippen LogP contribution in [0.2, 0.25) is 0 Å². The molecule has 10 nitrogen and oxygen atoms in total. The highest BCUT2D eigenvalue weighted by Crippen LogP contribution is 2.29. The Kier molecular flexibility index (Phi) is 6.06. The molecule has 1 heterocycles. The van der Waals surface area contributed by atoms with E-state index in [2.05, 4.69) is 10.4 Å². The average molecular weight is 410 g/mol. The van der Waals surface area contributed by atoms with Crippen LogP contribution in [0.5, 0.6) is 11.5 Å². The van der Waals surface area contributed by atoms with Crippen molar-refractivity contribution in [3.63, 3.8) is 0 Å². The summed E-state index contributed by atoms with van der Waals surface area (Å²) >= 11 is 0. The van der Waals surface area contributed by atoms with Crippen LogP contribution in [0, 0.1) is 10.1 Å². The van der Waals surface area contributed by atoms with E-state index in [9.17, 15) is 19.7 Å². The Hall–Kier alpha value is -4.21. The van der Waals surface area contributed by atoms with Crippen LogP contribution in [0.15, 0.2) is 59.4 Å². The SMILES string of the molecule is COc1cc([N+](=O)[O-])ccc1NC(=O)Cn1nc(-c2ccccc2OC)ccc1=O. The van der Waals surface area contributed by atoms with Crippen molar-refractivity contribution >= 4 is 17.3 Å². The zero-order chi connectivity index (χ0) is 21.7. The lowest BCUT2D eigenvalue weighted by atomic mass is 10.1. The molecule has 3 aromatic rings. The fourth-order valence-electron chi connectivity index (χ4n) is 2.78. The fourth-order valence-corrected chi connectivity index (χ4v) is 2.78. The molecule has 0 saturated heterocycles. The molecule has 1 N–H and O–H groups in total. The Balaban J connectivity index is 1.84. The van der Waals surface area contributed by atoms with E-state index in [1.165, 1.54) is 38.5 Å². The summed E-state index contributed by atoms with van der Waals surface area (Å²) in [7, 11) is 2.86. The number of aromatic nitrogens is 2. The lowest BCUT2D eigenvalue weighted by Gasteiger charge is -2.12. The number of hydrogen-bond acceptors (Lipinski definition) is 7. The molecule has 0 aliphatic heterocycles. The standard InChI is InChI=1S/C20H18N4O6/c1-29-17-6-4-3-5-14(17)15-9-10-20(26)23(22-15)12-19(25)21-16-8-7-13(24(27)28)11-18(16)30-2/h3-11H,12H2,1-2H3,(H,21,25). The number of benzene rings is 2. The lowest BCUT2D eigenvalue weighted by Crippen LogP contribution is -2.29. The summed E-state index contributed by atoms with van der Waals surface area (Å²) in [6.45, 7) is -0.359. The third-order valence-corrected chi connectivity index (χ3v) is 4.21. The second kappa shape index (κ2) is 8.86. The van der Waals surface area contributed by atoms with Gasteiger partial charge in [0.1, 0.15) is 18.0 Å². The van der Waals surface area contributed by atoms with E-state index < -0.39 is 16.4 Å². The van der Waals surface area contributed by atoms with Crippen LogP contribution in [0.1, 0.15) is 0 Å². The number of ether oxygens (including phenoxy) is 2. The summed E-state index contributed by atoms with van der Waals surface area (Å²) in [6.07, 6.45) is 0. The third kappa shape index (κ3) is 4.43. The van der Waals surface area contributed by atoms with E-state index in [4.69, 9.17) is 9.47 Å². The second-order valence-electron chi connectivity index (χ2n) is 6.10. The van der Waals surface area contributed by atoms with Crippen molar-refractivity contribution in [1.29, 1.82) is 0 Å². The number of nitro groups is 1. The van der Waals surface area contributed by atoms with Crippen molar-refractivity contribution in [2.24, 2.45) is 0 Å². The first kappa shape index (κ1) is 20.5. The number of amides is 1. The zero-order valence-corrected chi connectivity index (χ0v) is 16.2. The highest BCUT2D eigenvalue weighted by molar-refractivity contribution is 5.92. The first-order valence-corrected chi connectivity index (χ1v) is 8.76. The van der Waals surface area contributed by atoms with Gasteiger partial charge in [0.15, 0.2) is 0 Å². The molecule has 0 atom stereocenters. The molecule has 0 aliphatic rings. The van der Waals surface area contributed by atoms with E-state index in [0.29, 0.717) is 17.0 Å². The van der Waals surface area contributed by atoms with Crippen molar-refractivity contribution in [2.45, 2.75) is 6.54 Å². The Morgan fingerprint density at radius 1 is 1.10 bits per heavy atom. The predicted octanol–water partition coefficient (Wildman–Crippen LogP) is 2.47. The van der Waals surface area contributed by atoms with Gasteiger partial charge in [-0.2, -0.15) is 5.10 Å². The third-order valence-electron chi connectivity index (χ3n) is 4.21. The van der Waals surface area contributed by atoms with Crippen LogP contribution in [-0.4, -0.2) is 34.8 Å². The lowest BCUT2D eigenvalue weighted by molar-refractivity contribution is -0.384. The van der Waals surface area contributed by atoms with Gasteiger partial charge < -0.3 is 14.8 Å². The first-order chi connectivity index (χ1) is 14.4. The fraction of sp³-hybridized carbons (Fsp3) is 0.150. The van der Waals surface area contributed by atoms with Gasteiger partial charge in [-0.25, -0.2) is 4.68 Å². The number of non-ortho nitro benzene ring substituents is 1. The maximum atomic E-state index is 12.5. The number of rotatable bonds is 7. The minimum atomic E-state index is -0.568. The molecule has 30 heavy (non-hydrogen) atoms. The van der Waals surface area contributed by atoms with Gasteiger partial charge in [-0.15, -0.1) is 0 Å². The van der Waals surface area contributed by atoms with Gasteiger partial charge >= 0.3 is 0 Å². The molecule has 0 radical (unpaired) electrons. The van der Waals surface area contributed by atoms with Gasteiger partial charge in [-0.05, 0) is 24.3 Å². The molecule has 3 rings (SSSR count). The van der Waals surface area contributed by atoms with Crippen LogP contribution in [0.4, 0.5) is 11.4 Å². The highest BCUT2D eigenvalue weighted by atomic mass is 16.6. The molecule has 0 spiro atoms. The molecular formula is C20H18N4O6. The van der Waals surface area contributed by atoms with E-state index in [1.807, 2.05) is 12.1 Å². The van der Waals surface area contributed by atoms with E-state index in [0.717, 1.165) is 4.68 Å². The summed E-state index contributed by atoms with van der Waals surface area (Å²) in [6, 6.07) is 13.8. The summed E-state index contributed by atoms with van der Waals surface area (Å²) in [5.74, 6) is 0.157. The molecular weight excluding hydrogens is 392 g/mol. The molecule has 154 valence electrons. The average Bonchev–Trinajstić information content (AvgIpc) is 2.75. The van der Waals surface area contributed by atoms with Crippen molar-refractivity contribution in [3.8, 4) is 22.8 Å². The molecule has 0 fully saturated rings. The Morgan fingerprint density at radius 3 is 2.53 bits per heavy atom. The van der Waals surface area contributed by atoms with Gasteiger partial charge in [0.05, 0.1) is 36.6 Å². The van der Waals surface area contributed by atoms with E-state index in [-0.39, 0.29) is 23.7 Å². The van der Waals surface area contributed by atoms with Gasteiger partial charge in [-0.3, -0.25) is 19.7 Å². The predicted molar refractivity (Wildman–Crippen MR) is 109 cm³/mol. The Bertz CT molecular complexity index is 1160. The van der Waals surface area contributed by atoms with Crippen LogP contribution >= 0.6 is 0 Å². The van der Waals surface area contributed by atoms with Crippen LogP contribution < -0.4 is 20.3 Å². The van der Waals surface area contributed by atoms with Crippen molar-refractivity contribution in [1.82, 2.24) is 9.78 Å². The maximum Gasteiger partial charge on any atom is 0.273 e. The number of nitrogens with zero attached hydrogens (tertiary/aromatic N) is 3. The van der Waals surface area contributed by atoms with Gasteiger partial charge in [-0.1, -0.05) is 12.1 Å². The summed E-state index contributed by atoms with van der Waals surface area (Å²) < 4.78 is 11.4. The summed E-state index contributed by atoms with van der Waals surface area (Å²) in [5.41, 5.74) is 0.743. The minimum absolute atomic E-state index is 0.126. The van der Waals surface area contributed by atoms with Gasteiger partial charge in [0.25, 0.3) is 11.2 Å². The Morgan fingerprint density at radius 2 is 1.83 bits per heavy atom. The van der Waals surface area contributed by atoms with Crippen LogP contribution in [0.25, 0.3) is 11.3 Å². The zero-order valence-electron chi connectivity index (χ0n) is 16.2. The second-order valence-corrected chi connectivity index (χ2v) is 6.10. The quantitative estimate of drug-likeness (QED) is 0.468. The number of carbonyl (C=O) groups excluding carboxylic acids is 1. The van der Waals surface area contributed by atoms with E-state index in [1.54, 1.807) is 18.2 Å². The summed E-state index contributed by atoms with van der Waals surface area (Å²) in [5, 5.41) is 17.7. The molecule has 0 aliphatic carbocycles. The number of nitro benzene ring substituents is 1. The smallest absolute Gasteiger partial charge is 0.273 e. The minimum Gasteiger partial charge on any atom is -0.496 e. The molecule has 10 heteroatoms. The molecule has 0 bridgehead atoms. The molecule has 1 amide bonds. The molecule has 0 unspecified atom stereocenters. The van der Waals surface area contributed by atoms with Crippen LogP contribution in [-0.2, 0) is 11.3 Å². The maximum absolute atomic E-state index is 12.5. The Labute approximate surface area is 170 Å². The number of para-hydroxylation sites is 1. The largest absolute Gasteiger partial charge is 0.496 e. The monoisotopic (exact) mass is 410 g/mol. The number of nitrogens with one attached hydrogen (secondary N) is 1. The highest BCUT2D eigenvalue weighted by Gasteiger charge is 2.15. The van der Waals surface area contributed by atoms with Crippen molar-refractivity contribution in [2.75, 3.05) is 19.5 Å². The molecule has 0 saturated carbocycles. The van der Waals surface area contributed by atoms with Crippen molar-refractivity contribution < 1.29 is 19.2 Å². The van der Waals surface area contributed by atoms with Crippen molar-refractivity contribution in [3.05, 3.63) is 75.1 Å². The van der Waals surface area contributed by atoms with Gasteiger partial charge in [0, 0.05) is 17.7 Å². The number of anilines is 1. The van der Waals surface area contributed by atoms with Crippen LogP contribution in [0.3, 0.4) is 0 Å². The van der Waals surface area contributed by atoms with E-state index >= 15 is 0 Å². The molecule has 1 aromatic heterocycles. The topological polar surface area (TPSA) is 126 Å². The summed E-state index contributed by atoms with van der Waals surface area (Å²) in [4.78, 5) is 35.0. The molecule has 2 aromatic carbocycles. The first-order valence-electron chi connectivity index (χ1n) is 8.76. The number of methoxy groups -OCH3 is 2. The number of carbonyl (C=O) groups is 1. The van der Waals surface area contributed by atoms with Gasteiger partial charge in [0.2, 0.25) is 5.91 Å².